The molecule has 1 aliphatic rings. The second kappa shape index (κ2) is 4.81. The monoisotopic (exact) mass is 255 g/mol. The molecular weight excluding hydrogens is 242 g/mol. The van der Waals surface area contributed by atoms with Crippen molar-refractivity contribution in [3.05, 3.63) is 22.7 Å². The second-order valence-electron chi connectivity index (χ2n) is 3.86. The first-order chi connectivity index (χ1) is 8.09. The fraction of sp³-hybridized carbons (Fsp3) is 0.364. The van der Waals surface area contributed by atoms with E-state index >= 15 is 0 Å². The summed E-state index contributed by atoms with van der Waals surface area (Å²) in [5.41, 5.74) is 12.6. The first-order valence-corrected chi connectivity index (χ1v) is 5.69. The van der Waals surface area contributed by atoms with Crippen LogP contribution < -0.4 is 16.4 Å². The molecule has 0 aromatic heterocycles. The molecule has 6 heteroatoms. The molecule has 0 bridgehead atoms. The number of primary amides is 1. The van der Waals surface area contributed by atoms with Gasteiger partial charge in [0.15, 0.2) is 0 Å². The van der Waals surface area contributed by atoms with Crippen LogP contribution in [0.5, 0.6) is 0 Å². The Balaban J connectivity index is 2.37. The molecule has 92 valence electrons. The van der Waals surface area contributed by atoms with Crippen LogP contribution in [0.1, 0.15) is 10.4 Å². The zero-order chi connectivity index (χ0) is 12.4. The Morgan fingerprint density at radius 1 is 1.35 bits per heavy atom. The van der Waals surface area contributed by atoms with Gasteiger partial charge in [0, 0.05) is 18.7 Å². The molecule has 2 rings (SSSR count). The molecule has 1 fully saturated rings. The van der Waals surface area contributed by atoms with E-state index in [-0.39, 0.29) is 0 Å². The molecule has 1 aliphatic heterocycles. The van der Waals surface area contributed by atoms with Gasteiger partial charge >= 0.3 is 0 Å². The molecule has 0 spiro atoms. The number of nitrogen functional groups attached to an aromatic ring is 1. The Morgan fingerprint density at radius 2 is 2.00 bits per heavy atom. The smallest absolute Gasteiger partial charge is 0.248 e. The molecule has 1 aromatic rings. The molecule has 0 atom stereocenters. The Kier molecular flexibility index (Phi) is 3.40. The van der Waals surface area contributed by atoms with Crippen LogP contribution >= 0.6 is 11.6 Å². The van der Waals surface area contributed by atoms with E-state index in [0.717, 1.165) is 18.8 Å². The van der Waals surface area contributed by atoms with E-state index in [2.05, 4.69) is 0 Å². The summed E-state index contributed by atoms with van der Waals surface area (Å²) in [6.07, 6.45) is 0. The second-order valence-corrected chi connectivity index (χ2v) is 4.27. The molecule has 1 saturated heterocycles. The summed E-state index contributed by atoms with van der Waals surface area (Å²) in [4.78, 5) is 13.1. The lowest BCUT2D eigenvalue weighted by atomic mass is 10.1. The van der Waals surface area contributed by atoms with Crippen molar-refractivity contribution in [1.82, 2.24) is 0 Å². The molecule has 4 N–H and O–H groups in total. The molecule has 0 saturated carbocycles. The lowest BCUT2D eigenvalue weighted by Crippen LogP contribution is -2.36. The van der Waals surface area contributed by atoms with E-state index < -0.39 is 5.91 Å². The van der Waals surface area contributed by atoms with Gasteiger partial charge in [-0.15, -0.1) is 0 Å². The topological polar surface area (TPSA) is 81.6 Å². The van der Waals surface area contributed by atoms with Crippen molar-refractivity contribution in [3.63, 3.8) is 0 Å². The van der Waals surface area contributed by atoms with Crippen LogP contribution in [0.4, 0.5) is 11.4 Å². The number of halogens is 1. The van der Waals surface area contributed by atoms with E-state index in [4.69, 9.17) is 27.8 Å². The lowest BCUT2D eigenvalue weighted by Gasteiger charge is -2.30. The summed E-state index contributed by atoms with van der Waals surface area (Å²) in [5.74, 6) is -0.535. The van der Waals surface area contributed by atoms with E-state index in [1.165, 1.54) is 0 Å². The summed E-state index contributed by atoms with van der Waals surface area (Å²) >= 11 is 6.14. The molecular formula is C11H14ClN3O2. The number of hydrogen-bond acceptors (Lipinski definition) is 4. The Hall–Kier alpha value is -1.46. The predicted octanol–water partition coefficient (Wildman–Crippen LogP) is 0.858. The molecule has 1 heterocycles. The van der Waals surface area contributed by atoms with Crippen molar-refractivity contribution in [2.24, 2.45) is 5.73 Å². The lowest BCUT2D eigenvalue weighted by molar-refractivity contribution is 0.1000. The largest absolute Gasteiger partial charge is 0.397 e. The van der Waals surface area contributed by atoms with Crippen molar-refractivity contribution >= 4 is 28.9 Å². The number of nitrogens with two attached hydrogens (primary N) is 2. The molecule has 1 aromatic carbocycles. The maximum atomic E-state index is 11.1. The van der Waals surface area contributed by atoms with Crippen LogP contribution in [0.3, 0.4) is 0 Å². The molecule has 17 heavy (non-hydrogen) atoms. The van der Waals surface area contributed by atoms with Gasteiger partial charge in [0.2, 0.25) is 5.91 Å². The Labute approximate surface area is 104 Å². The van der Waals surface area contributed by atoms with Gasteiger partial charge in [0.1, 0.15) is 0 Å². The molecule has 0 radical (unpaired) electrons. The highest BCUT2D eigenvalue weighted by molar-refractivity contribution is 6.34. The maximum absolute atomic E-state index is 11.1. The molecule has 0 unspecified atom stereocenters. The fourth-order valence-corrected chi connectivity index (χ4v) is 2.23. The quantitative estimate of drug-likeness (QED) is 0.768. The van der Waals surface area contributed by atoms with Crippen molar-refractivity contribution in [1.29, 1.82) is 0 Å². The van der Waals surface area contributed by atoms with E-state index in [1.807, 2.05) is 4.90 Å². The van der Waals surface area contributed by atoms with Crippen molar-refractivity contribution < 1.29 is 9.53 Å². The number of carbonyl (C=O) groups is 1. The minimum absolute atomic E-state index is 0.324. The number of benzene rings is 1. The zero-order valence-electron chi connectivity index (χ0n) is 9.28. The average Bonchev–Trinajstić information content (AvgIpc) is 2.29. The predicted molar refractivity (Wildman–Crippen MR) is 67.4 cm³/mol. The minimum atomic E-state index is -0.535. The summed E-state index contributed by atoms with van der Waals surface area (Å²) in [6, 6.07) is 3.10. The van der Waals surface area contributed by atoms with Crippen LogP contribution in [-0.4, -0.2) is 32.2 Å². The van der Waals surface area contributed by atoms with Crippen LogP contribution in [0.15, 0.2) is 12.1 Å². The van der Waals surface area contributed by atoms with Gasteiger partial charge in [-0.2, -0.15) is 0 Å². The minimum Gasteiger partial charge on any atom is -0.397 e. The van der Waals surface area contributed by atoms with Gasteiger partial charge in [-0.05, 0) is 12.1 Å². The number of anilines is 2. The third-order valence-electron chi connectivity index (χ3n) is 2.70. The molecule has 5 nitrogen and oxygen atoms in total. The van der Waals surface area contributed by atoms with Crippen LogP contribution in [0.2, 0.25) is 5.02 Å². The SMILES string of the molecule is NC(=O)c1cc(N)c(N2CCOCC2)c(Cl)c1. The first kappa shape index (κ1) is 12.0. The van der Waals surface area contributed by atoms with Gasteiger partial charge in [-0.1, -0.05) is 11.6 Å². The number of hydrogen-bond donors (Lipinski definition) is 2. The fourth-order valence-electron chi connectivity index (χ4n) is 1.88. The standard InChI is InChI=1S/C11H14ClN3O2/c12-8-5-7(11(14)16)6-9(13)10(8)15-1-3-17-4-2-15/h5-6H,1-4,13H2,(H2,14,16). The van der Waals surface area contributed by atoms with Gasteiger partial charge < -0.3 is 21.1 Å². The van der Waals surface area contributed by atoms with Crippen LogP contribution in [0, 0.1) is 0 Å². The van der Waals surface area contributed by atoms with Gasteiger partial charge in [-0.25, -0.2) is 0 Å². The highest BCUT2D eigenvalue weighted by Gasteiger charge is 2.18. The number of ether oxygens (including phenoxy) is 1. The van der Waals surface area contributed by atoms with Crippen LogP contribution in [-0.2, 0) is 4.74 Å². The third-order valence-corrected chi connectivity index (χ3v) is 2.99. The molecule has 1 amide bonds. The van der Waals surface area contributed by atoms with Crippen molar-refractivity contribution in [3.8, 4) is 0 Å². The summed E-state index contributed by atoms with van der Waals surface area (Å²) < 4.78 is 5.26. The third kappa shape index (κ3) is 2.45. The summed E-state index contributed by atoms with van der Waals surface area (Å²) in [7, 11) is 0. The summed E-state index contributed by atoms with van der Waals surface area (Å²) in [6.45, 7) is 2.76. The maximum Gasteiger partial charge on any atom is 0.248 e. The average molecular weight is 256 g/mol. The number of nitrogens with zero attached hydrogens (tertiary/aromatic N) is 1. The van der Waals surface area contributed by atoms with E-state index in [0.29, 0.717) is 29.5 Å². The van der Waals surface area contributed by atoms with Crippen molar-refractivity contribution in [2.75, 3.05) is 36.9 Å². The van der Waals surface area contributed by atoms with Gasteiger partial charge in [0.25, 0.3) is 0 Å². The van der Waals surface area contributed by atoms with Gasteiger partial charge in [-0.3, -0.25) is 4.79 Å². The Morgan fingerprint density at radius 3 is 2.53 bits per heavy atom. The zero-order valence-corrected chi connectivity index (χ0v) is 10.0. The summed E-state index contributed by atoms with van der Waals surface area (Å²) in [5, 5.41) is 0.445. The molecule has 0 aliphatic carbocycles. The highest BCUT2D eigenvalue weighted by atomic mass is 35.5. The Bertz CT molecular complexity index is 421. The normalized spacial score (nSPS) is 15.9. The van der Waals surface area contributed by atoms with Crippen molar-refractivity contribution in [2.45, 2.75) is 0 Å². The van der Waals surface area contributed by atoms with E-state index in [9.17, 15) is 4.79 Å². The van der Waals surface area contributed by atoms with Crippen LogP contribution in [0.25, 0.3) is 0 Å². The van der Waals surface area contributed by atoms with Gasteiger partial charge in [0.05, 0.1) is 29.6 Å². The number of rotatable bonds is 2. The highest BCUT2D eigenvalue weighted by Crippen LogP contribution is 2.33. The first-order valence-electron chi connectivity index (χ1n) is 5.31. The number of carbonyl (C=O) groups excluding carboxylic acids is 1. The number of amides is 1. The van der Waals surface area contributed by atoms with E-state index in [1.54, 1.807) is 12.1 Å². The number of morpholine rings is 1.